The summed E-state index contributed by atoms with van der Waals surface area (Å²) < 4.78 is 0. The van der Waals surface area contributed by atoms with Gasteiger partial charge in [0.2, 0.25) is 23.6 Å². The molecule has 0 radical (unpaired) electrons. The molecule has 0 bridgehead atoms. The van der Waals surface area contributed by atoms with Crippen molar-refractivity contribution in [1.29, 1.82) is 0 Å². The van der Waals surface area contributed by atoms with E-state index in [1.54, 1.807) is 0 Å². The van der Waals surface area contributed by atoms with E-state index >= 15 is 0 Å². The number of unbranched alkanes of at least 4 members (excludes halogenated alkanes) is 11. The van der Waals surface area contributed by atoms with Gasteiger partial charge in [-0.15, -0.1) is 0 Å². The number of Topliss-reactive ketones (excluding diaryl/α,β-unsaturated/α-hetero) is 2. The van der Waals surface area contributed by atoms with Crippen LogP contribution in [0.5, 0.6) is 0 Å². The predicted octanol–water partition coefficient (Wildman–Crippen LogP) is 7.64. The number of hydrogen-bond donors (Lipinski definition) is 4. The van der Waals surface area contributed by atoms with Crippen molar-refractivity contribution < 1.29 is 33.9 Å². The molecule has 0 aliphatic carbocycles. The average Bonchev–Trinajstić information content (AvgIpc) is 3.55. The predicted molar refractivity (Wildman–Crippen MR) is 220 cm³/mol. The van der Waals surface area contributed by atoms with Crippen LogP contribution in [0.2, 0.25) is 0 Å². The van der Waals surface area contributed by atoms with Gasteiger partial charge in [0.05, 0.1) is 12.1 Å². The SMILES string of the molecule is CCCCCC(=O)CC(CCCCNC(=O)CCCCC)C(=O)NC(CCCCNC(=O)CCCCC)C(=O)CCCCCCC(=O)N1C[C@H](O)C[C@H]1CC. The van der Waals surface area contributed by atoms with Crippen LogP contribution in [0.1, 0.15) is 201 Å². The first-order chi connectivity index (χ1) is 26.6. The normalized spacial score (nSPS) is 16.4. The molecule has 4 N–H and O–H groups in total. The fourth-order valence-corrected chi connectivity index (χ4v) is 7.40. The molecule has 318 valence electrons. The van der Waals surface area contributed by atoms with Crippen molar-refractivity contribution in [3.05, 3.63) is 0 Å². The van der Waals surface area contributed by atoms with Crippen LogP contribution in [0, 0.1) is 5.92 Å². The number of nitrogens with zero attached hydrogens (tertiary/aromatic N) is 1. The molecule has 2 unspecified atom stereocenters. The molecule has 4 amide bonds. The van der Waals surface area contributed by atoms with Crippen LogP contribution in [0.25, 0.3) is 0 Å². The zero-order valence-corrected chi connectivity index (χ0v) is 35.4. The molecule has 11 heteroatoms. The fraction of sp³-hybridized carbons (Fsp3) is 0.864. The molecule has 1 fully saturated rings. The third-order valence-electron chi connectivity index (χ3n) is 10.9. The highest BCUT2D eigenvalue weighted by atomic mass is 16.3. The van der Waals surface area contributed by atoms with E-state index in [2.05, 4.69) is 36.7 Å². The van der Waals surface area contributed by atoms with E-state index in [4.69, 9.17) is 0 Å². The van der Waals surface area contributed by atoms with Crippen molar-refractivity contribution in [1.82, 2.24) is 20.9 Å². The summed E-state index contributed by atoms with van der Waals surface area (Å²) in [6.45, 7) is 9.81. The van der Waals surface area contributed by atoms with Crippen molar-refractivity contribution >= 4 is 35.2 Å². The van der Waals surface area contributed by atoms with Crippen LogP contribution in [0.4, 0.5) is 0 Å². The molecule has 1 heterocycles. The molecule has 0 spiro atoms. The van der Waals surface area contributed by atoms with Crippen molar-refractivity contribution in [2.75, 3.05) is 19.6 Å². The molecule has 0 aromatic heterocycles. The van der Waals surface area contributed by atoms with Crippen LogP contribution in [-0.2, 0) is 28.8 Å². The van der Waals surface area contributed by atoms with Gasteiger partial charge in [0.15, 0.2) is 5.78 Å². The number of carbonyl (C=O) groups excluding carboxylic acids is 6. The van der Waals surface area contributed by atoms with Crippen molar-refractivity contribution in [2.45, 2.75) is 219 Å². The fourth-order valence-electron chi connectivity index (χ4n) is 7.40. The summed E-state index contributed by atoms with van der Waals surface area (Å²) in [5.74, 6) is -0.567. The number of aliphatic hydroxyl groups is 1. The van der Waals surface area contributed by atoms with E-state index in [9.17, 15) is 33.9 Å². The summed E-state index contributed by atoms with van der Waals surface area (Å²) in [5, 5.41) is 19.0. The second-order valence-electron chi connectivity index (χ2n) is 15.9. The number of aliphatic hydroxyl groups excluding tert-OH is 1. The lowest BCUT2D eigenvalue weighted by Gasteiger charge is -2.23. The van der Waals surface area contributed by atoms with Gasteiger partial charge in [-0.3, -0.25) is 28.8 Å². The Labute approximate surface area is 334 Å². The average molecular weight is 777 g/mol. The molecule has 1 saturated heterocycles. The Morgan fingerprint density at radius 1 is 0.618 bits per heavy atom. The first kappa shape index (κ1) is 50.2. The molecule has 0 aromatic rings. The number of β-amino-alcohol motifs (C(OH)–C–C–N with tert-alkyl or cyclic N) is 1. The quantitative estimate of drug-likeness (QED) is 0.0481. The van der Waals surface area contributed by atoms with Gasteiger partial charge in [-0.25, -0.2) is 0 Å². The van der Waals surface area contributed by atoms with Gasteiger partial charge < -0.3 is 26.0 Å². The zero-order chi connectivity index (χ0) is 40.7. The lowest BCUT2D eigenvalue weighted by Crippen LogP contribution is -2.44. The molecule has 1 aliphatic heterocycles. The van der Waals surface area contributed by atoms with E-state index in [0.717, 1.165) is 83.5 Å². The van der Waals surface area contributed by atoms with E-state index in [-0.39, 0.29) is 47.7 Å². The molecule has 1 rings (SSSR count). The first-order valence-corrected chi connectivity index (χ1v) is 22.4. The third-order valence-corrected chi connectivity index (χ3v) is 10.9. The number of rotatable bonds is 35. The number of likely N-dealkylation sites (tertiary alicyclic amines) is 1. The van der Waals surface area contributed by atoms with Crippen LogP contribution >= 0.6 is 0 Å². The van der Waals surface area contributed by atoms with E-state index in [1.165, 1.54) is 0 Å². The number of amides is 4. The summed E-state index contributed by atoms with van der Waals surface area (Å²) in [6.07, 6.45) is 18.9. The standard InChI is InChI=1S/C44H80N4O7/c1-5-9-14-24-37(49)32-35(23-19-21-30-45-41(52)27-15-10-6-2)44(55)47-39(25-20-22-31-46-42(53)28-16-11-7-3)40(51)26-17-12-13-18-29-43(54)48-34-38(50)33-36(48)8-4/h35-36,38-39,50H,5-34H2,1-4H3,(H,45,52)(H,46,53)(H,47,55)/t35?,36-,38-,39?/m1/s1. The molecule has 0 aromatic carbocycles. The Hall–Kier alpha value is -2.82. The Morgan fingerprint density at radius 3 is 1.71 bits per heavy atom. The monoisotopic (exact) mass is 777 g/mol. The highest BCUT2D eigenvalue weighted by Crippen LogP contribution is 2.23. The summed E-state index contributed by atoms with van der Waals surface area (Å²) in [6, 6.07) is -0.553. The van der Waals surface area contributed by atoms with Gasteiger partial charge in [0, 0.05) is 70.1 Å². The number of carbonyl (C=O) groups is 6. The molecular weight excluding hydrogens is 697 g/mol. The minimum Gasteiger partial charge on any atom is -0.391 e. The highest BCUT2D eigenvalue weighted by molar-refractivity contribution is 5.91. The molecule has 0 saturated carbocycles. The highest BCUT2D eigenvalue weighted by Gasteiger charge is 2.32. The largest absolute Gasteiger partial charge is 0.391 e. The second-order valence-corrected chi connectivity index (χ2v) is 15.9. The third kappa shape index (κ3) is 24.4. The van der Waals surface area contributed by atoms with Gasteiger partial charge in [-0.05, 0) is 77.0 Å². The van der Waals surface area contributed by atoms with Crippen LogP contribution in [0.15, 0.2) is 0 Å². The summed E-state index contributed by atoms with van der Waals surface area (Å²) in [7, 11) is 0. The van der Waals surface area contributed by atoms with Gasteiger partial charge in [-0.1, -0.05) is 85.5 Å². The molecule has 1 aliphatic rings. The van der Waals surface area contributed by atoms with E-state index in [0.29, 0.717) is 103 Å². The van der Waals surface area contributed by atoms with Crippen molar-refractivity contribution in [3.63, 3.8) is 0 Å². The number of hydrogen-bond acceptors (Lipinski definition) is 7. The molecular formula is C44H80N4O7. The van der Waals surface area contributed by atoms with Crippen LogP contribution in [0.3, 0.4) is 0 Å². The van der Waals surface area contributed by atoms with E-state index < -0.39 is 18.1 Å². The van der Waals surface area contributed by atoms with Crippen LogP contribution < -0.4 is 16.0 Å². The Morgan fingerprint density at radius 2 is 1.15 bits per heavy atom. The lowest BCUT2D eigenvalue weighted by molar-refractivity contribution is -0.133. The maximum atomic E-state index is 13.8. The van der Waals surface area contributed by atoms with Crippen LogP contribution in [-0.4, -0.2) is 83.0 Å². The summed E-state index contributed by atoms with van der Waals surface area (Å²) >= 11 is 0. The van der Waals surface area contributed by atoms with Gasteiger partial charge in [-0.2, -0.15) is 0 Å². The van der Waals surface area contributed by atoms with Gasteiger partial charge >= 0.3 is 0 Å². The van der Waals surface area contributed by atoms with Crippen molar-refractivity contribution in [3.8, 4) is 0 Å². The number of nitrogens with one attached hydrogen (secondary N) is 3. The Bertz CT molecular complexity index is 1100. The van der Waals surface area contributed by atoms with E-state index in [1.807, 2.05) is 11.8 Å². The maximum absolute atomic E-state index is 13.8. The Kier molecular flexibility index (Phi) is 29.5. The molecule has 55 heavy (non-hydrogen) atoms. The number of ketones is 2. The minimum absolute atomic E-state index is 0.0244. The smallest absolute Gasteiger partial charge is 0.224 e. The lowest BCUT2D eigenvalue weighted by atomic mass is 9.92. The molecule has 11 nitrogen and oxygen atoms in total. The summed E-state index contributed by atoms with van der Waals surface area (Å²) in [5.41, 5.74) is 0. The van der Waals surface area contributed by atoms with Gasteiger partial charge in [0.25, 0.3) is 0 Å². The van der Waals surface area contributed by atoms with Crippen molar-refractivity contribution in [2.24, 2.45) is 5.92 Å². The Balaban J connectivity index is 2.78. The first-order valence-electron chi connectivity index (χ1n) is 22.4. The molecule has 4 atom stereocenters. The maximum Gasteiger partial charge on any atom is 0.224 e. The zero-order valence-electron chi connectivity index (χ0n) is 35.4. The summed E-state index contributed by atoms with van der Waals surface area (Å²) in [4.78, 5) is 79.2. The minimum atomic E-state index is -0.665. The topological polar surface area (TPSA) is 162 Å². The second kappa shape index (κ2) is 32.3. The van der Waals surface area contributed by atoms with Gasteiger partial charge in [0.1, 0.15) is 5.78 Å².